The molecular formula is C16H21BrClN5O2. The highest BCUT2D eigenvalue weighted by atomic mass is 79.9. The lowest BCUT2D eigenvalue weighted by Crippen LogP contribution is -2.29. The highest BCUT2D eigenvalue weighted by Crippen LogP contribution is 2.28. The van der Waals surface area contributed by atoms with Crippen LogP contribution in [0.1, 0.15) is 36.3 Å². The van der Waals surface area contributed by atoms with Gasteiger partial charge in [-0.25, -0.2) is 4.68 Å². The van der Waals surface area contributed by atoms with E-state index in [-0.39, 0.29) is 18.3 Å². The Bertz CT molecular complexity index is 718. The maximum absolute atomic E-state index is 12.5. The van der Waals surface area contributed by atoms with E-state index >= 15 is 0 Å². The van der Waals surface area contributed by atoms with E-state index in [1.54, 1.807) is 16.9 Å². The van der Waals surface area contributed by atoms with Gasteiger partial charge in [0, 0.05) is 4.47 Å². The third kappa shape index (κ3) is 4.93. The number of nitrogens with zero attached hydrogens (tertiary/aromatic N) is 3. The highest BCUT2D eigenvalue weighted by Gasteiger charge is 2.19. The monoisotopic (exact) mass is 429 g/mol. The standard InChI is InChI=1S/C16H20BrN5O2.ClH/c1-2-24-15-4-3-11(17)9-13(15)19-16(23)14-10-22(21-20-14)12-5-7-18-8-6-12;/h3-4,9-10,12,18H,2,5-8H2,1H3,(H,19,23);1H. The fourth-order valence-electron chi connectivity index (χ4n) is 2.70. The van der Waals surface area contributed by atoms with E-state index in [1.165, 1.54) is 0 Å². The summed E-state index contributed by atoms with van der Waals surface area (Å²) in [5.74, 6) is 0.328. The smallest absolute Gasteiger partial charge is 0.277 e. The molecule has 1 saturated heterocycles. The van der Waals surface area contributed by atoms with E-state index in [2.05, 4.69) is 36.9 Å². The second-order valence-electron chi connectivity index (χ2n) is 5.59. The summed E-state index contributed by atoms with van der Waals surface area (Å²) < 4.78 is 8.20. The summed E-state index contributed by atoms with van der Waals surface area (Å²) in [6.07, 6.45) is 3.69. The molecule has 1 aliphatic heterocycles. The van der Waals surface area contributed by atoms with Crippen LogP contribution < -0.4 is 15.4 Å². The van der Waals surface area contributed by atoms with Gasteiger partial charge in [-0.1, -0.05) is 21.1 Å². The first-order valence-electron chi connectivity index (χ1n) is 8.03. The van der Waals surface area contributed by atoms with Crippen molar-refractivity contribution in [3.05, 3.63) is 34.6 Å². The molecule has 1 aromatic carbocycles. The van der Waals surface area contributed by atoms with Crippen molar-refractivity contribution < 1.29 is 9.53 Å². The third-order valence-corrected chi connectivity index (χ3v) is 4.41. The van der Waals surface area contributed by atoms with Crippen LogP contribution in [0.4, 0.5) is 5.69 Å². The molecule has 1 aromatic heterocycles. The number of piperidine rings is 1. The number of ether oxygens (including phenoxy) is 1. The molecule has 7 nitrogen and oxygen atoms in total. The summed E-state index contributed by atoms with van der Waals surface area (Å²) >= 11 is 3.40. The lowest BCUT2D eigenvalue weighted by Gasteiger charge is -2.22. The van der Waals surface area contributed by atoms with Crippen LogP contribution >= 0.6 is 28.3 Å². The number of hydrogen-bond acceptors (Lipinski definition) is 5. The minimum atomic E-state index is -0.297. The maximum Gasteiger partial charge on any atom is 0.277 e. The van der Waals surface area contributed by atoms with Gasteiger partial charge in [-0.2, -0.15) is 0 Å². The van der Waals surface area contributed by atoms with E-state index < -0.39 is 0 Å². The molecule has 136 valence electrons. The van der Waals surface area contributed by atoms with E-state index in [4.69, 9.17) is 4.74 Å². The normalized spacial score (nSPS) is 14.6. The van der Waals surface area contributed by atoms with Crippen molar-refractivity contribution in [3.8, 4) is 5.75 Å². The van der Waals surface area contributed by atoms with E-state index in [0.29, 0.717) is 29.8 Å². The van der Waals surface area contributed by atoms with Gasteiger partial charge in [-0.15, -0.1) is 17.5 Å². The highest BCUT2D eigenvalue weighted by molar-refractivity contribution is 9.10. The second-order valence-corrected chi connectivity index (χ2v) is 6.51. The molecule has 1 aliphatic rings. The molecule has 0 radical (unpaired) electrons. The number of halogens is 2. The number of hydrogen-bond donors (Lipinski definition) is 2. The van der Waals surface area contributed by atoms with Gasteiger partial charge >= 0.3 is 0 Å². The summed E-state index contributed by atoms with van der Waals surface area (Å²) in [6, 6.07) is 5.79. The Morgan fingerprint density at radius 1 is 1.44 bits per heavy atom. The Morgan fingerprint density at radius 2 is 2.20 bits per heavy atom. The van der Waals surface area contributed by atoms with Crippen LogP contribution in [-0.4, -0.2) is 40.6 Å². The topological polar surface area (TPSA) is 81.1 Å². The van der Waals surface area contributed by atoms with Crippen LogP contribution in [0.25, 0.3) is 0 Å². The Balaban J connectivity index is 0.00000225. The number of carbonyl (C=O) groups excluding carboxylic acids is 1. The van der Waals surface area contributed by atoms with Crippen molar-refractivity contribution in [2.75, 3.05) is 25.0 Å². The maximum atomic E-state index is 12.5. The van der Waals surface area contributed by atoms with Crippen molar-refractivity contribution in [1.82, 2.24) is 20.3 Å². The minimum absolute atomic E-state index is 0. The number of aromatic nitrogens is 3. The Morgan fingerprint density at radius 3 is 2.92 bits per heavy atom. The van der Waals surface area contributed by atoms with Gasteiger partial charge < -0.3 is 15.4 Å². The van der Waals surface area contributed by atoms with Crippen molar-refractivity contribution >= 4 is 39.9 Å². The van der Waals surface area contributed by atoms with Crippen LogP contribution in [-0.2, 0) is 0 Å². The molecule has 1 amide bonds. The summed E-state index contributed by atoms with van der Waals surface area (Å²) in [7, 11) is 0. The molecule has 3 rings (SSSR count). The zero-order valence-electron chi connectivity index (χ0n) is 13.9. The zero-order chi connectivity index (χ0) is 16.9. The lowest BCUT2D eigenvalue weighted by atomic mass is 10.1. The third-order valence-electron chi connectivity index (χ3n) is 3.92. The molecule has 1 fully saturated rings. The summed E-state index contributed by atoms with van der Waals surface area (Å²) in [6.45, 7) is 4.35. The number of rotatable bonds is 5. The predicted octanol–water partition coefficient (Wildman–Crippen LogP) is 3.04. The molecule has 0 aliphatic carbocycles. The molecule has 2 aromatic rings. The lowest BCUT2D eigenvalue weighted by molar-refractivity contribution is 0.102. The average molecular weight is 431 g/mol. The van der Waals surface area contributed by atoms with Gasteiger partial charge in [0.1, 0.15) is 5.75 Å². The molecule has 0 spiro atoms. The minimum Gasteiger partial charge on any atom is -0.492 e. The summed E-state index contributed by atoms with van der Waals surface area (Å²) in [5.41, 5.74) is 0.906. The van der Waals surface area contributed by atoms with Gasteiger partial charge in [0.2, 0.25) is 0 Å². The summed E-state index contributed by atoms with van der Waals surface area (Å²) in [4.78, 5) is 12.5. The SMILES string of the molecule is CCOc1ccc(Br)cc1NC(=O)c1cn(C2CCNCC2)nn1.Cl. The van der Waals surface area contributed by atoms with Crippen molar-refractivity contribution in [2.24, 2.45) is 0 Å². The molecule has 2 heterocycles. The molecule has 25 heavy (non-hydrogen) atoms. The molecular weight excluding hydrogens is 410 g/mol. The largest absolute Gasteiger partial charge is 0.492 e. The second kappa shape index (κ2) is 9.17. The van der Waals surface area contributed by atoms with E-state index in [9.17, 15) is 4.79 Å². The fourth-order valence-corrected chi connectivity index (χ4v) is 3.06. The van der Waals surface area contributed by atoms with Gasteiger partial charge in [0.25, 0.3) is 5.91 Å². The fraction of sp³-hybridized carbons (Fsp3) is 0.438. The number of anilines is 1. The first kappa shape index (κ1) is 19.7. The van der Waals surface area contributed by atoms with Crippen LogP contribution in [0.15, 0.2) is 28.9 Å². The Kier molecular flexibility index (Phi) is 7.22. The van der Waals surface area contributed by atoms with Gasteiger partial charge in [0.15, 0.2) is 5.69 Å². The van der Waals surface area contributed by atoms with Crippen LogP contribution in [0.5, 0.6) is 5.75 Å². The van der Waals surface area contributed by atoms with Crippen molar-refractivity contribution in [3.63, 3.8) is 0 Å². The van der Waals surface area contributed by atoms with E-state index in [0.717, 1.165) is 30.4 Å². The Labute approximate surface area is 161 Å². The van der Waals surface area contributed by atoms with Crippen LogP contribution in [0, 0.1) is 0 Å². The molecule has 2 N–H and O–H groups in total. The van der Waals surface area contributed by atoms with Gasteiger partial charge in [0.05, 0.1) is 24.5 Å². The van der Waals surface area contributed by atoms with Gasteiger partial charge in [-0.3, -0.25) is 4.79 Å². The molecule has 0 unspecified atom stereocenters. The Hall–Kier alpha value is -1.64. The first-order chi connectivity index (χ1) is 11.7. The molecule has 0 atom stereocenters. The van der Waals surface area contributed by atoms with E-state index in [1.807, 2.05) is 19.1 Å². The van der Waals surface area contributed by atoms with Crippen LogP contribution in [0.3, 0.4) is 0 Å². The molecule has 0 saturated carbocycles. The summed E-state index contributed by atoms with van der Waals surface area (Å²) in [5, 5.41) is 14.3. The number of nitrogens with one attached hydrogen (secondary N) is 2. The zero-order valence-corrected chi connectivity index (χ0v) is 16.3. The number of amides is 1. The average Bonchev–Trinajstić information content (AvgIpc) is 3.08. The van der Waals surface area contributed by atoms with Crippen LogP contribution in [0.2, 0.25) is 0 Å². The number of carbonyl (C=O) groups is 1. The number of benzene rings is 1. The molecule has 9 heteroatoms. The van der Waals surface area contributed by atoms with Crippen molar-refractivity contribution in [1.29, 1.82) is 0 Å². The first-order valence-corrected chi connectivity index (χ1v) is 8.83. The predicted molar refractivity (Wildman–Crippen MR) is 102 cm³/mol. The van der Waals surface area contributed by atoms with Gasteiger partial charge in [-0.05, 0) is 51.1 Å². The van der Waals surface area contributed by atoms with Crippen molar-refractivity contribution in [2.45, 2.75) is 25.8 Å². The quantitative estimate of drug-likeness (QED) is 0.762. The molecule has 0 bridgehead atoms.